The van der Waals surface area contributed by atoms with Gasteiger partial charge in [0.2, 0.25) is 0 Å². The number of nitrogens with zero attached hydrogens (tertiary/aromatic N) is 2. The summed E-state index contributed by atoms with van der Waals surface area (Å²) in [6, 6.07) is 0. The average Bonchev–Trinajstić information content (AvgIpc) is 2.08. The number of hydrogen-bond acceptors (Lipinski definition) is 4. The summed E-state index contributed by atoms with van der Waals surface area (Å²) in [5, 5.41) is 2.93. The largest absolute Gasteiger partial charge is 0.473 e. The molecule has 0 bridgehead atoms. The van der Waals surface area contributed by atoms with E-state index in [2.05, 4.69) is 5.10 Å². The monoisotopic (exact) mass is 223 g/mol. The number of rotatable bonds is 0. The van der Waals surface area contributed by atoms with Crippen molar-refractivity contribution < 1.29 is 18.0 Å². The van der Waals surface area contributed by atoms with Crippen LogP contribution in [0.15, 0.2) is 9.59 Å². The van der Waals surface area contributed by atoms with E-state index in [4.69, 9.17) is 0 Å². The Hall–Kier alpha value is -1.93. The molecule has 0 aliphatic heterocycles. The molecular formula is C6H4F3N3O3. The van der Waals surface area contributed by atoms with Gasteiger partial charge in [0.15, 0.2) is 0 Å². The minimum Gasteiger partial charge on any atom is -0.271 e. The van der Waals surface area contributed by atoms with Gasteiger partial charge in [-0.25, -0.2) is 4.79 Å². The van der Waals surface area contributed by atoms with Crippen molar-refractivity contribution in [1.82, 2.24) is 14.8 Å². The predicted octanol–water partition coefficient (Wildman–Crippen LogP) is -0.557. The first-order valence-electron chi connectivity index (χ1n) is 3.55. The molecule has 0 saturated carbocycles. The maximum Gasteiger partial charge on any atom is 0.473 e. The van der Waals surface area contributed by atoms with E-state index in [9.17, 15) is 27.6 Å². The molecule has 0 radical (unpaired) electrons. The van der Waals surface area contributed by atoms with Gasteiger partial charge in [-0.05, 0) is 6.92 Å². The standard InChI is InChI=1S/C6H4F3N3O3/c1-2-3(13)10-5(15)12(11-2)4(14)6(7,8)9/h1H3,(H,10,13,15). The third kappa shape index (κ3) is 2.11. The van der Waals surface area contributed by atoms with Crippen LogP contribution < -0.4 is 11.2 Å². The maximum absolute atomic E-state index is 11.9. The molecule has 0 unspecified atom stereocenters. The molecule has 9 heteroatoms. The highest BCUT2D eigenvalue weighted by Gasteiger charge is 2.41. The van der Waals surface area contributed by atoms with Gasteiger partial charge in [-0.15, -0.1) is 4.68 Å². The Morgan fingerprint density at radius 3 is 2.40 bits per heavy atom. The molecule has 1 rings (SSSR count). The molecular weight excluding hydrogens is 219 g/mol. The third-order valence-electron chi connectivity index (χ3n) is 1.43. The second-order valence-corrected chi connectivity index (χ2v) is 2.56. The highest BCUT2D eigenvalue weighted by Crippen LogP contribution is 2.15. The number of aromatic nitrogens is 3. The third-order valence-corrected chi connectivity index (χ3v) is 1.43. The van der Waals surface area contributed by atoms with Crippen LogP contribution in [-0.4, -0.2) is 26.8 Å². The average molecular weight is 223 g/mol. The summed E-state index contributed by atoms with van der Waals surface area (Å²) in [6.07, 6.45) is -5.22. The van der Waals surface area contributed by atoms with Crippen molar-refractivity contribution in [3.63, 3.8) is 0 Å². The number of aryl methyl sites for hydroxylation is 1. The molecule has 0 amide bonds. The van der Waals surface area contributed by atoms with E-state index < -0.39 is 33.7 Å². The Balaban J connectivity index is 3.41. The van der Waals surface area contributed by atoms with Gasteiger partial charge in [-0.3, -0.25) is 14.6 Å². The van der Waals surface area contributed by atoms with E-state index in [0.29, 0.717) is 0 Å². The Kier molecular flexibility index (Phi) is 2.48. The highest BCUT2D eigenvalue weighted by atomic mass is 19.4. The van der Waals surface area contributed by atoms with Crippen LogP contribution in [0.3, 0.4) is 0 Å². The number of H-pyrrole nitrogens is 1. The minimum absolute atomic E-state index is 0.410. The number of alkyl halides is 3. The smallest absolute Gasteiger partial charge is 0.271 e. The number of carbonyl (C=O) groups is 1. The van der Waals surface area contributed by atoms with Crippen LogP contribution in [-0.2, 0) is 0 Å². The summed E-state index contributed by atoms with van der Waals surface area (Å²) in [5.41, 5.74) is -2.87. The van der Waals surface area contributed by atoms with Gasteiger partial charge in [0.05, 0.1) is 0 Å². The quantitative estimate of drug-likeness (QED) is 0.639. The Morgan fingerprint density at radius 2 is 1.93 bits per heavy atom. The minimum atomic E-state index is -5.22. The summed E-state index contributed by atoms with van der Waals surface area (Å²) in [6.45, 7) is 1.07. The summed E-state index contributed by atoms with van der Waals surface area (Å²) < 4.78 is 35.3. The molecule has 1 aromatic rings. The van der Waals surface area contributed by atoms with Crippen LogP contribution in [0.2, 0.25) is 0 Å². The zero-order valence-corrected chi connectivity index (χ0v) is 7.25. The molecule has 1 N–H and O–H groups in total. The molecule has 82 valence electrons. The first-order valence-corrected chi connectivity index (χ1v) is 3.55. The molecule has 15 heavy (non-hydrogen) atoms. The summed E-state index contributed by atoms with van der Waals surface area (Å²) in [7, 11) is 0. The van der Waals surface area contributed by atoms with Crippen LogP contribution in [0, 0.1) is 6.92 Å². The van der Waals surface area contributed by atoms with Gasteiger partial charge < -0.3 is 0 Å². The molecule has 0 aliphatic carbocycles. The number of nitrogens with one attached hydrogen (secondary N) is 1. The van der Waals surface area contributed by atoms with E-state index in [0.717, 1.165) is 6.92 Å². The molecule has 0 saturated heterocycles. The van der Waals surface area contributed by atoms with Gasteiger partial charge in [0, 0.05) is 0 Å². The highest BCUT2D eigenvalue weighted by molar-refractivity contribution is 5.83. The van der Waals surface area contributed by atoms with Crippen molar-refractivity contribution in [3.05, 3.63) is 26.5 Å². The fourth-order valence-electron chi connectivity index (χ4n) is 0.739. The molecule has 1 heterocycles. The number of carbonyl (C=O) groups excluding carboxylic acids is 1. The number of aromatic amines is 1. The Morgan fingerprint density at radius 1 is 1.40 bits per heavy atom. The number of halogens is 3. The topological polar surface area (TPSA) is 84.8 Å². The molecule has 1 aromatic heterocycles. The van der Waals surface area contributed by atoms with Crippen LogP contribution in [0.4, 0.5) is 13.2 Å². The summed E-state index contributed by atoms with van der Waals surface area (Å²) >= 11 is 0. The van der Waals surface area contributed by atoms with Crippen LogP contribution in [0.5, 0.6) is 0 Å². The predicted molar refractivity (Wildman–Crippen MR) is 40.5 cm³/mol. The van der Waals surface area contributed by atoms with Crippen molar-refractivity contribution in [3.8, 4) is 0 Å². The lowest BCUT2D eigenvalue weighted by atomic mass is 10.5. The van der Waals surface area contributed by atoms with Crippen LogP contribution >= 0.6 is 0 Å². The fraction of sp³-hybridized carbons (Fsp3) is 0.333. The first-order chi connectivity index (χ1) is 6.73. The van der Waals surface area contributed by atoms with E-state index in [1.54, 1.807) is 0 Å². The van der Waals surface area contributed by atoms with Gasteiger partial charge in [-0.1, -0.05) is 0 Å². The van der Waals surface area contributed by atoms with Gasteiger partial charge in [-0.2, -0.15) is 18.3 Å². The molecule has 0 aromatic carbocycles. The first kappa shape index (κ1) is 11.1. The summed E-state index contributed by atoms with van der Waals surface area (Å²) in [5.74, 6) is -2.45. The maximum atomic E-state index is 11.9. The second kappa shape index (κ2) is 3.33. The second-order valence-electron chi connectivity index (χ2n) is 2.56. The Bertz CT molecular complexity index is 513. The Labute approximate surface area is 79.3 Å². The van der Waals surface area contributed by atoms with E-state index in [1.807, 2.05) is 0 Å². The van der Waals surface area contributed by atoms with Crippen molar-refractivity contribution in [2.45, 2.75) is 13.1 Å². The lowest BCUT2D eigenvalue weighted by Gasteiger charge is -2.05. The SMILES string of the molecule is Cc1nn(C(=O)C(F)(F)F)c(=O)[nH]c1=O. The van der Waals surface area contributed by atoms with E-state index in [-0.39, 0.29) is 0 Å². The fourth-order valence-corrected chi connectivity index (χ4v) is 0.739. The van der Waals surface area contributed by atoms with Crippen molar-refractivity contribution in [1.29, 1.82) is 0 Å². The molecule has 0 fully saturated rings. The molecule has 0 aliphatic rings. The van der Waals surface area contributed by atoms with E-state index in [1.165, 1.54) is 4.98 Å². The van der Waals surface area contributed by atoms with E-state index >= 15 is 0 Å². The molecule has 0 atom stereocenters. The molecule has 0 spiro atoms. The van der Waals surface area contributed by atoms with Crippen molar-refractivity contribution >= 4 is 5.91 Å². The summed E-state index contributed by atoms with van der Waals surface area (Å²) in [4.78, 5) is 33.7. The number of hydrogen-bond donors (Lipinski definition) is 1. The van der Waals surface area contributed by atoms with Gasteiger partial charge in [0.1, 0.15) is 5.69 Å². The lowest BCUT2D eigenvalue weighted by molar-refractivity contribution is -0.0961. The van der Waals surface area contributed by atoms with Crippen LogP contribution in [0.25, 0.3) is 0 Å². The zero-order valence-electron chi connectivity index (χ0n) is 7.25. The molecule has 6 nitrogen and oxygen atoms in total. The normalized spacial score (nSPS) is 11.5. The van der Waals surface area contributed by atoms with Crippen LogP contribution in [0.1, 0.15) is 10.5 Å². The lowest BCUT2D eigenvalue weighted by Crippen LogP contribution is -2.43. The van der Waals surface area contributed by atoms with Crippen molar-refractivity contribution in [2.24, 2.45) is 0 Å². The van der Waals surface area contributed by atoms with Gasteiger partial charge in [0.25, 0.3) is 5.56 Å². The zero-order chi connectivity index (χ0) is 11.8. The van der Waals surface area contributed by atoms with Crippen molar-refractivity contribution in [2.75, 3.05) is 0 Å². The van der Waals surface area contributed by atoms with Gasteiger partial charge >= 0.3 is 17.8 Å².